The highest BCUT2D eigenvalue weighted by Gasteiger charge is 2.31. The number of hydrogen-bond acceptors (Lipinski definition) is 1. The maximum absolute atomic E-state index is 12.4. The molecular formula is C9H13F2N. The van der Waals surface area contributed by atoms with Crippen LogP contribution in [0.15, 0.2) is 0 Å². The fourth-order valence-electron chi connectivity index (χ4n) is 1.95. The van der Waals surface area contributed by atoms with E-state index in [1.54, 1.807) is 0 Å². The Morgan fingerprint density at radius 2 is 1.92 bits per heavy atom. The Hall–Kier alpha value is -0.650. The third-order valence-electron chi connectivity index (χ3n) is 2.66. The second-order valence-corrected chi connectivity index (χ2v) is 3.41. The summed E-state index contributed by atoms with van der Waals surface area (Å²) in [7, 11) is 0. The zero-order valence-electron chi connectivity index (χ0n) is 6.97. The Morgan fingerprint density at radius 1 is 1.33 bits per heavy atom. The molecule has 1 nitrogen and oxygen atoms in total. The molecule has 0 N–H and O–H groups in total. The van der Waals surface area contributed by atoms with Crippen molar-refractivity contribution >= 4 is 0 Å². The van der Waals surface area contributed by atoms with Crippen molar-refractivity contribution in [3.8, 4) is 6.07 Å². The largest absolute Gasteiger partial charge is 0.242 e. The Morgan fingerprint density at radius 3 is 2.33 bits per heavy atom. The molecule has 0 heterocycles. The molecule has 0 aromatic rings. The van der Waals surface area contributed by atoms with Gasteiger partial charge in [-0.25, -0.2) is 8.78 Å². The molecule has 68 valence electrons. The first-order chi connectivity index (χ1) is 5.75. The highest BCUT2D eigenvalue weighted by molar-refractivity contribution is 4.84. The first kappa shape index (κ1) is 9.44. The molecule has 12 heavy (non-hydrogen) atoms. The van der Waals surface area contributed by atoms with Crippen LogP contribution < -0.4 is 0 Å². The zero-order valence-corrected chi connectivity index (χ0v) is 6.97. The second kappa shape index (κ2) is 4.39. The van der Waals surface area contributed by atoms with Gasteiger partial charge in [0, 0.05) is 12.3 Å². The van der Waals surface area contributed by atoms with E-state index >= 15 is 0 Å². The van der Waals surface area contributed by atoms with E-state index in [1.807, 2.05) is 6.07 Å². The van der Waals surface area contributed by atoms with E-state index in [0.29, 0.717) is 0 Å². The number of rotatable bonds is 3. The summed E-state index contributed by atoms with van der Waals surface area (Å²) in [5.74, 6) is -0.567. The molecule has 1 saturated carbocycles. The van der Waals surface area contributed by atoms with Crippen LogP contribution in [0.3, 0.4) is 0 Å². The lowest BCUT2D eigenvalue weighted by molar-refractivity contribution is 0.0470. The van der Waals surface area contributed by atoms with Crippen LogP contribution >= 0.6 is 0 Å². The molecule has 0 spiro atoms. The van der Waals surface area contributed by atoms with Gasteiger partial charge in [-0.15, -0.1) is 0 Å². The predicted octanol–water partition coefficient (Wildman–Crippen LogP) is 2.97. The summed E-state index contributed by atoms with van der Waals surface area (Å²) in [6, 6.07) is 1.85. The average molecular weight is 173 g/mol. The summed E-state index contributed by atoms with van der Waals surface area (Å²) in [5.41, 5.74) is 0. The van der Waals surface area contributed by atoms with Gasteiger partial charge in [0.05, 0.1) is 6.07 Å². The van der Waals surface area contributed by atoms with E-state index in [9.17, 15) is 8.78 Å². The van der Waals surface area contributed by atoms with Crippen LogP contribution in [0, 0.1) is 23.2 Å². The van der Waals surface area contributed by atoms with Gasteiger partial charge in [-0.3, -0.25) is 0 Å². The summed E-state index contributed by atoms with van der Waals surface area (Å²) >= 11 is 0. The van der Waals surface area contributed by atoms with Crippen LogP contribution in [-0.2, 0) is 0 Å². The van der Waals surface area contributed by atoms with Crippen LogP contribution in [0.1, 0.15) is 32.1 Å². The summed E-state index contributed by atoms with van der Waals surface area (Å²) in [4.78, 5) is 0. The van der Waals surface area contributed by atoms with E-state index in [0.717, 1.165) is 25.7 Å². The highest BCUT2D eigenvalue weighted by Crippen LogP contribution is 2.36. The third-order valence-corrected chi connectivity index (χ3v) is 2.66. The van der Waals surface area contributed by atoms with Crippen molar-refractivity contribution in [2.24, 2.45) is 11.8 Å². The van der Waals surface area contributed by atoms with Crippen LogP contribution in [0.5, 0.6) is 0 Å². The first-order valence-electron chi connectivity index (χ1n) is 4.41. The van der Waals surface area contributed by atoms with Crippen molar-refractivity contribution < 1.29 is 8.78 Å². The van der Waals surface area contributed by atoms with E-state index in [2.05, 4.69) is 0 Å². The molecule has 0 amide bonds. The fraction of sp³-hybridized carbons (Fsp3) is 0.889. The van der Waals surface area contributed by atoms with E-state index in [4.69, 9.17) is 5.26 Å². The molecule has 1 rings (SSSR count). The van der Waals surface area contributed by atoms with Gasteiger partial charge in [-0.05, 0) is 18.8 Å². The van der Waals surface area contributed by atoms with Gasteiger partial charge in [0.25, 0.3) is 0 Å². The molecule has 1 unspecified atom stereocenters. The van der Waals surface area contributed by atoms with E-state index < -0.39 is 12.3 Å². The lowest BCUT2D eigenvalue weighted by atomic mass is 9.89. The number of halogens is 2. The summed E-state index contributed by atoms with van der Waals surface area (Å²) < 4.78 is 24.8. The molecule has 0 aromatic heterocycles. The van der Waals surface area contributed by atoms with Crippen molar-refractivity contribution in [1.29, 1.82) is 5.26 Å². The quantitative estimate of drug-likeness (QED) is 0.643. The first-order valence-corrected chi connectivity index (χ1v) is 4.41. The molecule has 1 fully saturated rings. The Balaban J connectivity index is 2.47. The standard InChI is InChI=1S/C9H13F2N/c10-9(11)8(5-6-12)7-3-1-2-4-7/h7-9H,1-5H2. The van der Waals surface area contributed by atoms with Gasteiger partial charge in [0.2, 0.25) is 6.43 Å². The number of nitrogens with zero attached hydrogens (tertiary/aromatic N) is 1. The van der Waals surface area contributed by atoms with Crippen molar-refractivity contribution in [1.82, 2.24) is 0 Å². The molecule has 1 atom stereocenters. The molecule has 0 bridgehead atoms. The van der Waals surface area contributed by atoms with Crippen molar-refractivity contribution in [2.45, 2.75) is 38.5 Å². The fourth-order valence-corrected chi connectivity index (χ4v) is 1.95. The van der Waals surface area contributed by atoms with Gasteiger partial charge in [-0.2, -0.15) is 5.26 Å². The number of nitriles is 1. The minimum absolute atomic E-state index is 0.0162. The predicted molar refractivity (Wildman–Crippen MR) is 41.7 cm³/mol. The van der Waals surface area contributed by atoms with Crippen molar-refractivity contribution in [2.75, 3.05) is 0 Å². The van der Waals surface area contributed by atoms with Crippen LogP contribution in [0.4, 0.5) is 8.78 Å². The molecular weight excluding hydrogens is 160 g/mol. The zero-order chi connectivity index (χ0) is 8.97. The molecule has 1 aliphatic carbocycles. The maximum atomic E-state index is 12.4. The van der Waals surface area contributed by atoms with Crippen LogP contribution in [-0.4, -0.2) is 6.43 Å². The Labute approximate surface area is 71.4 Å². The van der Waals surface area contributed by atoms with Gasteiger partial charge in [-0.1, -0.05) is 12.8 Å². The topological polar surface area (TPSA) is 23.8 Å². The molecule has 0 saturated heterocycles. The van der Waals surface area contributed by atoms with Gasteiger partial charge in [0.15, 0.2) is 0 Å². The molecule has 1 aliphatic rings. The van der Waals surface area contributed by atoms with Gasteiger partial charge in [0.1, 0.15) is 0 Å². The molecule has 0 aliphatic heterocycles. The third kappa shape index (κ3) is 2.17. The normalized spacial score (nSPS) is 21.2. The second-order valence-electron chi connectivity index (χ2n) is 3.41. The smallest absolute Gasteiger partial charge is 0.210 e. The molecule has 0 radical (unpaired) electrons. The number of hydrogen-bond donors (Lipinski definition) is 0. The lowest BCUT2D eigenvalue weighted by Crippen LogP contribution is -2.19. The Bertz CT molecular complexity index is 168. The Kier molecular flexibility index (Phi) is 3.46. The van der Waals surface area contributed by atoms with E-state index in [1.165, 1.54) is 0 Å². The van der Waals surface area contributed by atoms with Gasteiger partial charge >= 0.3 is 0 Å². The van der Waals surface area contributed by atoms with E-state index in [-0.39, 0.29) is 12.3 Å². The average Bonchev–Trinajstić information content (AvgIpc) is 2.51. The monoisotopic (exact) mass is 173 g/mol. The number of alkyl halides is 2. The minimum Gasteiger partial charge on any atom is -0.210 e. The summed E-state index contributed by atoms with van der Waals surface area (Å²) in [5, 5.41) is 8.36. The summed E-state index contributed by atoms with van der Waals surface area (Å²) in [6.45, 7) is 0. The summed E-state index contributed by atoms with van der Waals surface area (Å²) in [6.07, 6.45) is 1.58. The van der Waals surface area contributed by atoms with Crippen LogP contribution in [0.25, 0.3) is 0 Å². The lowest BCUT2D eigenvalue weighted by Gasteiger charge is -2.19. The maximum Gasteiger partial charge on any atom is 0.242 e. The van der Waals surface area contributed by atoms with Crippen molar-refractivity contribution in [3.63, 3.8) is 0 Å². The van der Waals surface area contributed by atoms with Gasteiger partial charge < -0.3 is 0 Å². The van der Waals surface area contributed by atoms with Crippen molar-refractivity contribution in [3.05, 3.63) is 0 Å². The molecule has 0 aromatic carbocycles. The SMILES string of the molecule is N#CCC(C(F)F)C1CCCC1. The highest BCUT2D eigenvalue weighted by atomic mass is 19.3. The van der Waals surface area contributed by atoms with Crippen LogP contribution in [0.2, 0.25) is 0 Å². The molecule has 3 heteroatoms. The minimum atomic E-state index is -2.31.